The predicted octanol–water partition coefficient (Wildman–Crippen LogP) is 3.42. The first-order valence-corrected chi connectivity index (χ1v) is 8.96. The molecule has 1 fully saturated rings. The van der Waals surface area contributed by atoms with Gasteiger partial charge in [0.2, 0.25) is 5.91 Å². The van der Waals surface area contributed by atoms with Crippen molar-refractivity contribution in [3.63, 3.8) is 0 Å². The average molecular weight is 372 g/mol. The van der Waals surface area contributed by atoms with Gasteiger partial charge in [0.15, 0.2) is 5.17 Å². The first kappa shape index (κ1) is 16.6. The second-order valence-electron chi connectivity index (χ2n) is 5.39. The van der Waals surface area contributed by atoms with Crippen LogP contribution in [0.2, 0.25) is 10.0 Å². The number of halogens is 2. The average Bonchev–Trinajstić information content (AvgIpc) is 3.14. The number of anilines is 1. The van der Waals surface area contributed by atoms with Crippen LogP contribution in [0.15, 0.2) is 23.2 Å². The minimum atomic E-state index is -0.469. The molecule has 1 aromatic rings. The van der Waals surface area contributed by atoms with Crippen molar-refractivity contribution in [2.45, 2.75) is 24.5 Å². The normalized spacial score (nSPS) is 20.8. The maximum Gasteiger partial charge on any atom is 0.262 e. The molecule has 1 aromatic carbocycles. The van der Waals surface area contributed by atoms with Gasteiger partial charge in [-0.2, -0.15) is 4.99 Å². The quantitative estimate of drug-likeness (QED) is 0.883. The number of rotatable bonds is 3. The van der Waals surface area contributed by atoms with Gasteiger partial charge in [-0.1, -0.05) is 41.0 Å². The molecule has 2 aliphatic rings. The summed E-state index contributed by atoms with van der Waals surface area (Å²) in [4.78, 5) is 30.3. The number of benzene rings is 1. The summed E-state index contributed by atoms with van der Waals surface area (Å²) in [6.07, 6.45) is 2.30. The van der Waals surface area contributed by atoms with E-state index in [4.69, 9.17) is 23.2 Å². The van der Waals surface area contributed by atoms with E-state index >= 15 is 0 Å². The van der Waals surface area contributed by atoms with Crippen LogP contribution in [0.5, 0.6) is 0 Å². The standard InChI is InChI=1S/C15H15Cl2N3O2S/c16-9-4-3-5-10(13(9)17)18-12(21)8-11-14(22)19-15(23-11)20-6-1-2-7-20/h3-5,11H,1-2,6-8H2,(H,18,21)/t11-/m1/s1. The van der Waals surface area contributed by atoms with Crippen LogP contribution < -0.4 is 5.32 Å². The largest absolute Gasteiger partial charge is 0.351 e. The second kappa shape index (κ2) is 7.11. The molecule has 0 spiro atoms. The van der Waals surface area contributed by atoms with Crippen molar-refractivity contribution in [1.29, 1.82) is 0 Å². The summed E-state index contributed by atoms with van der Waals surface area (Å²) in [6.45, 7) is 1.85. The summed E-state index contributed by atoms with van der Waals surface area (Å²) in [5, 5.41) is 3.63. The Morgan fingerprint density at radius 1 is 1.35 bits per heavy atom. The van der Waals surface area contributed by atoms with Gasteiger partial charge >= 0.3 is 0 Å². The summed E-state index contributed by atoms with van der Waals surface area (Å²) in [5.74, 6) is -0.526. The van der Waals surface area contributed by atoms with Gasteiger partial charge in [-0.25, -0.2) is 0 Å². The fourth-order valence-corrected chi connectivity index (χ4v) is 3.99. The zero-order valence-corrected chi connectivity index (χ0v) is 14.5. The molecular formula is C15H15Cl2N3O2S. The molecule has 2 heterocycles. The SMILES string of the molecule is O=C(C[C@H]1SC(N2CCCC2)=NC1=O)Nc1cccc(Cl)c1Cl. The minimum Gasteiger partial charge on any atom is -0.351 e. The highest BCUT2D eigenvalue weighted by Crippen LogP contribution is 2.31. The Bertz CT molecular complexity index is 675. The van der Waals surface area contributed by atoms with E-state index < -0.39 is 5.25 Å². The molecule has 0 bridgehead atoms. The Kier molecular flexibility index (Phi) is 5.14. The van der Waals surface area contributed by atoms with Gasteiger partial charge in [0, 0.05) is 19.5 Å². The molecule has 1 atom stereocenters. The van der Waals surface area contributed by atoms with Crippen LogP contribution in [-0.2, 0) is 9.59 Å². The minimum absolute atomic E-state index is 0.0627. The number of amidine groups is 1. The number of hydrogen-bond donors (Lipinski definition) is 1. The van der Waals surface area contributed by atoms with Crippen LogP contribution in [0.1, 0.15) is 19.3 Å². The van der Waals surface area contributed by atoms with E-state index in [1.807, 2.05) is 0 Å². The van der Waals surface area contributed by atoms with Crippen LogP contribution in [0.4, 0.5) is 5.69 Å². The lowest BCUT2D eigenvalue weighted by molar-refractivity contribution is -0.121. The second-order valence-corrected chi connectivity index (χ2v) is 7.34. The Balaban J connectivity index is 1.58. The highest BCUT2D eigenvalue weighted by atomic mass is 35.5. The Morgan fingerprint density at radius 3 is 2.83 bits per heavy atom. The molecule has 122 valence electrons. The Hall–Kier alpha value is -1.24. The highest BCUT2D eigenvalue weighted by molar-refractivity contribution is 8.15. The smallest absolute Gasteiger partial charge is 0.262 e. The van der Waals surface area contributed by atoms with E-state index in [1.54, 1.807) is 18.2 Å². The highest BCUT2D eigenvalue weighted by Gasteiger charge is 2.33. The van der Waals surface area contributed by atoms with Gasteiger partial charge in [-0.15, -0.1) is 0 Å². The maximum atomic E-state index is 12.2. The van der Waals surface area contributed by atoms with Gasteiger partial charge in [-0.05, 0) is 25.0 Å². The number of nitrogens with one attached hydrogen (secondary N) is 1. The number of thioether (sulfide) groups is 1. The molecule has 0 aromatic heterocycles. The van der Waals surface area contributed by atoms with E-state index in [2.05, 4.69) is 15.2 Å². The van der Waals surface area contributed by atoms with Gasteiger partial charge in [-0.3, -0.25) is 9.59 Å². The number of aliphatic imine (C=N–C) groups is 1. The molecular weight excluding hydrogens is 357 g/mol. The van der Waals surface area contributed by atoms with Gasteiger partial charge in [0.05, 0.1) is 15.7 Å². The van der Waals surface area contributed by atoms with Gasteiger partial charge in [0.1, 0.15) is 5.25 Å². The van der Waals surface area contributed by atoms with Crippen LogP contribution in [0.3, 0.4) is 0 Å². The van der Waals surface area contributed by atoms with Crippen LogP contribution in [0.25, 0.3) is 0 Å². The zero-order valence-electron chi connectivity index (χ0n) is 12.2. The molecule has 1 saturated heterocycles. The third-order valence-corrected chi connectivity index (χ3v) is 5.73. The van der Waals surface area contributed by atoms with Crippen molar-refractivity contribution in [3.8, 4) is 0 Å². The van der Waals surface area contributed by atoms with E-state index in [0.717, 1.165) is 31.1 Å². The zero-order chi connectivity index (χ0) is 16.4. The number of amides is 2. The Labute approximate surface area is 148 Å². The third-order valence-electron chi connectivity index (χ3n) is 3.70. The maximum absolute atomic E-state index is 12.2. The molecule has 2 amide bonds. The Morgan fingerprint density at radius 2 is 2.09 bits per heavy atom. The molecule has 2 aliphatic heterocycles. The number of nitrogens with zero attached hydrogens (tertiary/aromatic N) is 2. The van der Waals surface area contributed by atoms with Crippen molar-refractivity contribution in [3.05, 3.63) is 28.2 Å². The summed E-state index contributed by atoms with van der Waals surface area (Å²) >= 11 is 13.3. The lowest BCUT2D eigenvalue weighted by Crippen LogP contribution is -2.25. The summed E-state index contributed by atoms with van der Waals surface area (Å²) in [7, 11) is 0. The lowest BCUT2D eigenvalue weighted by Gasteiger charge is -2.16. The van der Waals surface area contributed by atoms with Crippen LogP contribution in [0, 0.1) is 0 Å². The van der Waals surface area contributed by atoms with Crippen LogP contribution in [-0.4, -0.2) is 40.2 Å². The van der Waals surface area contributed by atoms with Crippen molar-refractivity contribution < 1.29 is 9.59 Å². The first-order valence-electron chi connectivity index (χ1n) is 7.32. The summed E-state index contributed by atoms with van der Waals surface area (Å²) in [5.41, 5.74) is 0.445. The number of carbonyl (C=O) groups excluding carboxylic acids is 2. The van der Waals surface area contributed by atoms with E-state index in [9.17, 15) is 9.59 Å². The van der Waals surface area contributed by atoms with Crippen molar-refractivity contribution in [1.82, 2.24) is 4.90 Å². The fraction of sp³-hybridized carbons (Fsp3) is 0.400. The summed E-state index contributed by atoms with van der Waals surface area (Å²) in [6, 6.07) is 5.02. The monoisotopic (exact) mass is 371 g/mol. The van der Waals surface area contributed by atoms with Gasteiger partial charge < -0.3 is 10.2 Å². The molecule has 1 N–H and O–H groups in total. The molecule has 23 heavy (non-hydrogen) atoms. The lowest BCUT2D eigenvalue weighted by atomic mass is 10.2. The van der Waals surface area contributed by atoms with Crippen molar-refractivity contribution >= 4 is 57.6 Å². The molecule has 0 radical (unpaired) electrons. The van der Waals surface area contributed by atoms with E-state index in [1.165, 1.54) is 11.8 Å². The number of carbonyl (C=O) groups is 2. The topological polar surface area (TPSA) is 61.8 Å². The first-order chi connectivity index (χ1) is 11.0. The van der Waals surface area contributed by atoms with Gasteiger partial charge in [0.25, 0.3) is 5.91 Å². The van der Waals surface area contributed by atoms with Crippen molar-refractivity contribution in [2.24, 2.45) is 4.99 Å². The van der Waals surface area contributed by atoms with Crippen molar-refractivity contribution in [2.75, 3.05) is 18.4 Å². The van der Waals surface area contributed by atoms with E-state index in [-0.39, 0.29) is 18.2 Å². The molecule has 0 saturated carbocycles. The third kappa shape index (κ3) is 3.82. The predicted molar refractivity (Wildman–Crippen MR) is 94.3 cm³/mol. The van der Waals surface area contributed by atoms with E-state index in [0.29, 0.717) is 15.7 Å². The molecule has 5 nitrogen and oxygen atoms in total. The summed E-state index contributed by atoms with van der Waals surface area (Å²) < 4.78 is 0. The number of likely N-dealkylation sites (tertiary alicyclic amines) is 1. The van der Waals surface area contributed by atoms with Crippen LogP contribution >= 0.6 is 35.0 Å². The number of hydrogen-bond acceptors (Lipinski definition) is 4. The fourth-order valence-electron chi connectivity index (χ4n) is 2.52. The molecule has 0 aliphatic carbocycles. The molecule has 3 rings (SSSR count). The molecule has 0 unspecified atom stereocenters. The molecule has 8 heteroatoms.